The molecule has 25 heavy (non-hydrogen) atoms. The molecule has 132 valence electrons. The molecule has 7 heteroatoms. The summed E-state index contributed by atoms with van der Waals surface area (Å²) in [6, 6.07) is 3.84. The van der Waals surface area contributed by atoms with Gasteiger partial charge in [0, 0.05) is 24.9 Å². The summed E-state index contributed by atoms with van der Waals surface area (Å²) in [5.41, 5.74) is 8.10. The molecule has 0 bridgehead atoms. The van der Waals surface area contributed by atoms with E-state index in [1.807, 2.05) is 29.2 Å². The van der Waals surface area contributed by atoms with Gasteiger partial charge in [-0.05, 0) is 46.3 Å². The van der Waals surface area contributed by atoms with Crippen molar-refractivity contribution >= 4 is 33.3 Å². The smallest absolute Gasteiger partial charge is 0.166 e. The lowest BCUT2D eigenvalue weighted by molar-refractivity contribution is 0.359. The summed E-state index contributed by atoms with van der Waals surface area (Å²) in [5.74, 6) is 2.10. The van der Waals surface area contributed by atoms with Gasteiger partial charge in [-0.15, -0.1) is 0 Å². The Labute approximate surface area is 156 Å². The predicted octanol–water partition coefficient (Wildman–Crippen LogP) is 3.97. The van der Waals surface area contributed by atoms with Crippen LogP contribution >= 0.6 is 15.9 Å². The van der Waals surface area contributed by atoms with Gasteiger partial charge >= 0.3 is 0 Å². The number of fused-ring (bicyclic) bond motifs is 1. The molecule has 0 saturated heterocycles. The second-order valence-corrected chi connectivity index (χ2v) is 7.75. The lowest BCUT2D eigenvalue weighted by atomic mass is 9.84. The number of pyridine rings is 1. The Hall–Kier alpha value is -1.73. The molecule has 0 amide bonds. The lowest BCUT2D eigenvalue weighted by Crippen LogP contribution is -2.34. The number of anilines is 1. The first-order chi connectivity index (χ1) is 12.2. The van der Waals surface area contributed by atoms with Gasteiger partial charge in [-0.25, -0.2) is 14.7 Å². The van der Waals surface area contributed by atoms with Gasteiger partial charge in [0.15, 0.2) is 5.82 Å². The maximum atomic E-state index is 5.67. The molecular weight excluding hydrogens is 380 g/mol. The highest BCUT2D eigenvalue weighted by atomic mass is 79.9. The van der Waals surface area contributed by atoms with Crippen molar-refractivity contribution in [1.82, 2.24) is 20.1 Å². The van der Waals surface area contributed by atoms with Gasteiger partial charge in [0.1, 0.15) is 12.0 Å². The van der Waals surface area contributed by atoms with E-state index in [1.54, 1.807) is 0 Å². The summed E-state index contributed by atoms with van der Waals surface area (Å²) in [6.45, 7) is 0.729. The predicted molar refractivity (Wildman–Crippen MR) is 103 cm³/mol. The van der Waals surface area contributed by atoms with Crippen LogP contribution < -0.4 is 11.1 Å². The fourth-order valence-corrected chi connectivity index (χ4v) is 4.12. The molecule has 1 saturated carbocycles. The van der Waals surface area contributed by atoms with E-state index in [1.165, 1.54) is 37.8 Å². The molecule has 1 aliphatic heterocycles. The zero-order valence-electron chi connectivity index (χ0n) is 14.2. The number of hydrogen-bond acceptors (Lipinski definition) is 5. The first-order valence-electron chi connectivity index (χ1n) is 8.95. The van der Waals surface area contributed by atoms with Gasteiger partial charge in [0.2, 0.25) is 0 Å². The number of aliphatic imine (C=N–C) groups is 1. The summed E-state index contributed by atoms with van der Waals surface area (Å²) < 4.78 is 2.95. The SMILES string of the molecule is Nc1ccc(CNC2CC(C3CCCCC3)=Nc3c(Br)cnn32)cn1. The Morgan fingerprint density at radius 1 is 1.20 bits per heavy atom. The second kappa shape index (κ2) is 7.25. The maximum Gasteiger partial charge on any atom is 0.166 e. The van der Waals surface area contributed by atoms with Crippen LogP contribution in [0.25, 0.3) is 0 Å². The number of aromatic nitrogens is 3. The van der Waals surface area contributed by atoms with Crippen molar-refractivity contribution in [3.63, 3.8) is 0 Å². The van der Waals surface area contributed by atoms with E-state index in [-0.39, 0.29) is 6.17 Å². The van der Waals surface area contributed by atoms with Crippen LogP contribution in [-0.2, 0) is 6.54 Å². The Bertz CT molecular complexity index is 760. The number of nitrogen functional groups attached to an aromatic ring is 1. The molecule has 1 unspecified atom stereocenters. The van der Waals surface area contributed by atoms with Crippen LogP contribution in [0.2, 0.25) is 0 Å². The first kappa shape index (κ1) is 16.7. The number of rotatable bonds is 4. The van der Waals surface area contributed by atoms with Gasteiger partial charge in [0.25, 0.3) is 0 Å². The largest absolute Gasteiger partial charge is 0.384 e. The molecule has 2 aliphatic rings. The van der Waals surface area contributed by atoms with E-state index < -0.39 is 0 Å². The van der Waals surface area contributed by atoms with Crippen molar-refractivity contribution in [1.29, 1.82) is 0 Å². The number of nitrogens with zero attached hydrogens (tertiary/aromatic N) is 4. The molecule has 1 fully saturated rings. The van der Waals surface area contributed by atoms with Crippen molar-refractivity contribution < 1.29 is 0 Å². The first-order valence-corrected chi connectivity index (χ1v) is 9.74. The van der Waals surface area contributed by atoms with Crippen LogP contribution in [0.1, 0.15) is 50.3 Å². The minimum atomic E-state index is 0.119. The van der Waals surface area contributed by atoms with E-state index in [0.717, 1.165) is 28.8 Å². The highest BCUT2D eigenvalue weighted by Gasteiger charge is 2.29. The molecule has 1 atom stereocenters. The molecule has 4 rings (SSSR count). The number of nitrogens with one attached hydrogen (secondary N) is 1. The molecule has 2 aromatic heterocycles. The standard InChI is InChI=1S/C18H23BrN6/c19-14-11-23-25-17(22-10-12-6-7-16(20)21-9-12)8-15(24-18(14)25)13-4-2-1-3-5-13/h6-7,9,11,13,17,22H,1-5,8,10H2,(H2,20,21). The fourth-order valence-electron chi connectivity index (χ4n) is 3.76. The Kier molecular flexibility index (Phi) is 4.85. The van der Waals surface area contributed by atoms with Crippen LogP contribution in [0.3, 0.4) is 0 Å². The third kappa shape index (κ3) is 3.62. The third-order valence-corrected chi connectivity index (χ3v) is 5.70. The van der Waals surface area contributed by atoms with Crippen molar-refractivity contribution in [2.75, 3.05) is 5.73 Å². The van der Waals surface area contributed by atoms with Crippen LogP contribution in [0.5, 0.6) is 0 Å². The molecule has 6 nitrogen and oxygen atoms in total. The lowest BCUT2D eigenvalue weighted by Gasteiger charge is -2.30. The summed E-state index contributed by atoms with van der Waals surface area (Å²) in [7, 11) is 0. The molecule has 0 radical (unpaired) electrons. The zero-order valence-corrected chi connectivity index (χ0v) is 15.7. The van der Waals surface area contributed by atoms with Crippen LogP contribution in [0, 0.1) is 5.92 Å². The van der Waals surface area contributed by atoms with Crippen molar-refractivity contribution in [3.8, 4) is 0 Å². The van der Waals surface area contributed by atoms with Crippen LogP contribution in [-0.4, -0.2) is 20.5 Å². The summed E-state index contributed by atoms with van der Waals surface area (Å²) in [4.78, 5) is 9.11. The minimum absolute atomic E-state index is 0.119. The maximum absolute atomic E-state index is 5.67. The Balaban J connectivity index is 1.53. The second-order valence-electron chi connectivity index (χ2n) is 6.89. The van der Waals surface area contributed by atoms with Crippen LogP contribution in [0.4, 0.5) is 11.6 Å². The molecule has 1 aliphatic carbocycles. The van der Waals surface area contributed by atoms with Gasteiger partial charge in [-0.3, -0.25) is 5.32 Å². The zero-order chi connectivity index (χ0) is 17.2. The summed E-state index contributed by atoms with van der Waals surface area (Å²) in [6.07, 6.45) is 11.2. The van der Waals surface area contributed by atoms with E-state index in [4.69, 9.17) is 10.7 Å². The average molecular weight is 403 g/mol. The van der Waals surface area contributed by atoms with E-state index in [0.29, 0.717) is 11.7 Å². The Morgan fingerprint density at radius 2 is 2.04 bits per heavy atom. The number of nitrogens with two attached hydrogens (primary N) is 1. The van der Waals surface area contributed by atoms with E-state index in [9.17, 15) is 0 Å². The van der Waals surface area contributed by atoms with E-state index in [2.05, 4.69) is 31.3 Å². The van der Waals surface area contributed by atoms with Crippen molar-refractivity contribution in [2.24, 2.45) is 10.9 Å². The normalized spacial score (nSPS) is 21.0. The fraction of sp³-hybridized carbons (Fsp3) is 0.500. The van der Waals surface area contributed by atoms with E-state index >= 15 is 0 Å². The molecule has 0 aromatic carbocycles. The highest BCUT2D eigenvalue weighted by molar-refractivity contribution is 9.10. The van der Waals surface area contributed by atoms with Gasteiger partial charge in [-0.2, -0.15) is 5.10 Å². The van der Waals surface area contributed by atoms with Gasteiger partial charge in [-0.1, -0.05) is 25.3 Å². The monoisotopic (exact) mass is 402 g/mol. The quantitative estimate of drug-likeness (QED) is 0.810. The molecule has 3 N–H and O–H groups in total. The number of hydrogen-bond donors (Lipinski definition) is 2. The summed E-state index contributed by atoms with van der Waals surface area (Å²) in [5, 5.41) is 8.12. The summed E-state index contributed by atoms with van der Waals surface area (Å²) >= 11 is 3.59. The molecular formula is C18H23BrN6. The van der Waals surface area contributed by atoms with Crippen molar-refractivity contribution in [3.05, 3.63) is 34.6 Å². The minimum Gasteiger partial charge on any atom is -0.384 e. The molecule has 3 heterocycles. The van der Waals surface area contributed by atoms with Gasteiger partial charge < -0.3 is 5.73 Å². The number of halogens is 1. The molecule has 2 aromatic rings. The average Bonchev–Trinajstić information content (AvgIpc) is 3.03. The Morgan fingerprint density at radius 3 is 2.80 bits per heavy atom. The van der Waals surface area contributed by atoms with Crippen LogP contribution in [0.15, 0.2) is 34.0 Å². The highest BCUT2D eigenvalue weighted by Crippen LogP contribution is 2.36. The van der Waals surface area contributed by atoms with Crippen molar-refractivity contribution in [2.45, 2.75) is 51.2 Å². The third-order valence-electron chi connectivity index (χ3n) is 5.14. The topological polar surface area (TPSA) is 81.1 Å². The van der Waals surface area contributed by atoms with Gasteiger partial charge in [0.05, 0.1) is 10.7 Å². The molecule has 0 spiro atoms.